The lowest BCUT2D eigenvalue weighted by Crippen LogP contribution is -1.90. The van der Waals surface area contributed by atoms with Gasteiger partial charge in [0.25, 0.3) is 5.88 Å². The van der Waals surface area contributed by atoms with Gasteiger partial charge in [-0.3, -0.25) is 0 Å². The second kappa shape index (κ2) is 3.82. The molecule has 0 bridgehead atoms. The molecule has 0 fully saturated rings. The molecular formula is C11H9N5O. The Hall–Kier alpha value is -2.50. The molecule has 0 amide bonds. The number of aromatic amines is 1. The first kappa shape index (κ1) is 9.71. The molecule has 0 saturated heterocycles. The number of aryl methyl sites for hydroxylation is 1. The van der Waals surface area contributed by atoms with Gasteiger partial charge in [0.1, 0.15) is 12.1 Å². The van der Waals surface area contributed by atoms with Crippen molar-refractivity contribution in [2.75, 3.05) is 0 Å². The van der Waals surface area contributed by atoms with Crippen molar-refractivity contribution in [2.45, 2.75) is 6.92 Å². The van der Waals surface area contributed by atoms with Crippen molar-refractivity contribution in [1.82, 2.24) is 25.4 Å². The first-order chi connectivity index (χ1) is 8.33. The van der Waals surface area contributed by atoms with Gasteiger partial charge >= 0.3 is 0 Å². The van der Waals surface area contributed by atoms with Crippen LogP contribution in [0.1, 0.15) is 5.56 Å². The normalized spacial score (nSPS) is 10.6. The zero-order valence-corrected chi connectivity index (χ0v) is 9.08. The van der Waals surface area contributed by atoms with Gasteiger partial charge in [0, 0.05) is 0 Å². The maximum Gasteiger partial charge on any atom is 0.252 e. The van der Waals surface area contributed by atoms with E-state index in [-0.39, 0.29) is 0 Å². The molecule has 1 aromatic carbocycles. The topological polar surface area (TPSA) is 76.6 Å². The Labute approximate surface area is 96.7 Å². The monoisotopic (exact) mass is 227 g/mol. The van der Waals surface area contributed by atoms with E-state index < -0.39 is 0 Å². The second-order valence-electron chi connectivity index (χ2n) is 3.59. The molecule has 17 heavy (non-hydrogen) atoms. The fourth-order valence-corrected chi connectivity index (χ4v) is 1.45. The highest BCUT2D eigenvalue weighted by molar-refractivity contribution is 5.74. The van der Waals surface area contributed by atoms with E-state index in [4.69, 9.17) is 4.74 Å². The minimum Gasteiger partial charge on any atom is -0.437 e. The molecule has 0 atom stereocenters. The summed E-state index contributed by atoms with van der Waals surface area (Å²) in [6.45, 7) is 2.02. The third-order valence-electron chi connectivity index (χ3n) is 2.32. The van der Waals surface area contributed by atoms with Crippen molar-refractivity contribution in [3.63, 3.8) is 0 Å². The summed E-state index contributed by atoms with van der Waals surface area (Å²) in [5.41, 5.74) is 2.18. The molecule has 0 aliphatic rings. The van der Waals surface area contributed by atoms with Crippen LogP contribution in [0.3, 0.4) is 0 Å². The van der Waals surface area contributed by atoms with E-state index in [0.29, 0.717) is 22.8 Å². The van der Waals surface area contributed by atoms with Crippen molar-refractivity contribution in [3.8, 4) is 11.6 Å². The van der Waals surface area contributed by atoms with Crippen molar-refractivity contribution in [3.05, 3.63) is 36.2 Å². The van der Waals surface area contributed by atoms with Gasteiger partial charge in [-0.1, -0.05) is 17.7 Å². The Morgan fingerprint density at radius 2 is 1.88 bits per heavy atom. The van der Waals surface area contributed by atoms with Gasteiger partial charge in [0.05, 0.1) is 0 Å². The Morgan fingerprint density at radius 3 is 2.71 bits per heavy atom. The SMILES string of the molecule is Cc1ccc(Oc2ncnc3n[nH]nc23)cc1. The van der Waals surface area contributed by atoms with Crippen molar-refractivity contribution in [1.29, 1.82) is 0 Å². The first-order valence-electron chi connectivity index (χ1n) is 5.09. The van der Waals surface area contributed by atoms with Crippen LogP contribution in [0.2, 0.25) is 0 Å². The van der Waals surface area contributed by atoms with E-state index >= 15 is 0 Å². The van der Waals surface area contributed by atoms with Gasteiger partial charge in [-0.15, -0.1) is 10.2 Å². The molecule has 0 saturated carbocycles. The molecule has 3 aromatic rings. The van der Waals surface area contributed by atoms with Gasteiger partial charge in [-0.05, 0) is 19.1 Å². The smallest absolute Gasteiger partial charge is 0.252 e. The molecule has 1 N–H and O–H groups in total. The van der Waals surface area contributed by atoms with Gasteiger partial charge in [-0.25, -0.2) is 4.98 Å². The highest BCUT2D eigenvalue weighted by atomic mass is 16.5. The van der Waals surface area contributed by atoms with Crippen LogP contribution in [0, 0.1) is 6.92 Å². The summed E-state index contributed by atoms with van der Waals surface area (Å²) in [5.74, 6) is 1.10. The van der Waals surface area contributed by atoms with Crippen LogP contribution in [0.5, 0.6) is 11.6 Å². The van der Waals surface area contributed by atoms with Crippen molar-refractivity contribution in [2.24, 2.45) is 0 Å². The number of hydrogen-bond acceptors (Lipinski definition) is 5. The molecule has 2 aromatic heterocycles. The van der Waals surface area contributed by atoms with Crippen LogP contribution >= 0.6 is 0 Å². The van der Waals surface area contributed by atoms with Gasteiger partial charge in [0.15, 0.2) is 5.52 Å². The molecule has 0 aliphatic heterocycles. The zero-order valence-electron chi connectivity index (χ0n) is 9.08. The number of aromatic nitrogens is 5. The molecule has 0 aliphatic carbocycles. The van der Waals surface area contributed by atoms with E-state index in [1.165, 1.54) is 11.9 Å². The Balaban J connectivity index is 1.99. The molecule has 0 unspecified atom stereocenters. The number of benzene rings is 1. The maximum absolute atomic E-state index is 5.63. The summed E-state index contributed by atoms with van der Waals surface area (Å²) in [5, 5.41) is 10.3. The fourth-order valence-electron chi connectivity index (χ4n) is 1.45. The first-order valence-corrected chi connectivity index (χ1v) is 5.09. The molecular weight excluding hydrogens is 218 g/mol. The summed E-state index contributed by atoms with van der Waals surface area (Å²) >= 11 is 0. The van der Waals surface area contributed by atoms with Crippen molar-refractivity contribution >= 4 is 11.2 Å². The minimum atomic E-state index is 0.396. The predicted octanol–water partition coefficient (Wildman–Crippen LogP) is 1.85. The molecule has 6 nitrogen and oxygen atoms in total. The number of rotatable bonds is 2. The fraction of sp³-hybridized carbons (Fsp3) is 0.0909. The quantitative estimate of drug-likeness (QED) is 0.722. The molecule has 84 valence electrons. The summed E-state index contributed by atoms with van der Waals surface area (Å²) in [4.78, 5) is 8.00. The minimum absolute atomic E-state index is 0.396. The van der Waals surface area contributed by atoms with E-state index in [0.717, 1.165) is 0 Å². The Kier molecular flexibility index (Phi) is 2.18. The van der Waals surface area contributed by atoms with Crippen LogP contribution in [-0.2, 0) is 0 Å². The number of ether oxygens (including phenoxy) is 1. The average molecular weight is 227 g/mol. The van der Waals surface area contributed by atoms with Gasteiger partial charge in [0.2, 0.25) is 5.65 Å². The van der Waals surface area contributed by atoms with E-state index in [2.05, 4.69) is 25.4 Å². The highest BCUT2D eigenvalue weighted by Gasteiger charge is 2.09. The number of nitrogens with zero attached hydrogens (tertiary/aromatic N) is 4. The van der Waals surface area contributed by atoms with Crippen LogP contribution < -0.4 is 4.74 Å². The lowest BCUT2D eigenvalue weighted by Gasteiger charge is -2.04. The summed E-state index contributed by atoms with van der Waals surface area (Å²) in [7, 11) is 0. The average Bonchev–Trinajstić information content (AvgIpc) is 2.81. The Morgan fingerprint density at radius 1 is 1.06 bits per heavy atom. The predicted molar refractivity (Wildman–Crippen MR) is 60.7 cm³/mol. The standard InChI is InChI=1S/C11H9N5O/c1-7-2-4-8(5-3-7)17-11-9-10(12-6-13-11)15-16-14-9/h2-6H,1H3,(H,12,13,14,15,16). The third kappa shape index (κ3) is 1.80. The lowest BCUT2D eigenvalue weighted by atomic mass is 10.2. The molecule has 2 heterocycles. The lowest BCUT2D eigenvalue weighted by molar-refractivity contribution is 0.467. The number of H-pyrrole nitrogens is 1. The van der Waals surface area contributed by atoms with Gasteiger partial charge < -0.3 is 4.74 Å². The van der Waals surface area contributed by atoms with Gasteiger partial charge in [-0.2, -0.15) is 10.2 Å². The van der Waals surface area contributed by atoms with E-state index in [1.54, 1.807) is 0 Å². The van der Waals surface area contributed by atoms with Crippen molar-refractivity contribution < 1.29 is 4.74 Å². The number of fused-ring (bicyclic) bond motifs is 1. The second-order valence-corrected chi connectivity index (χ2v) is 3.59. The molecule has 6 heteroatoms. The Bertz CT molecular complexity index is 646. The molecule has 0 radical (unpaired) electrons. The number of hydrogen-bond donors (Lipinski definition) is 1. The summed E-state index contributed by atoms with van der Waals surface area (Å²) in [6.07, 6.45) is 1.40. The van der Waals surface area contributed by atoms with Crippen LogP contribution in [-0.4, -0.2) is 25.4 Å². The van der Waals surface area contributed by atoms with Crippen LogP contribution in [0.4, 0.5) is 0 Å². The maximum atomic E-state index is 5.63. The van der Waals surface area contributed by atoms with Crippen LogP contribution in [0.15, 0.2) is 30.6 Å². The third-order valence-corrected chi connectivity index (χ3v) is 2.32. The summed E-state index contributed by atoms with van der Waals surface area (Å²) in [6, 6.07) is 7.69. The van der Waals surface area contributed by atoms with E-state index in [1.807, 2.05) is 31.2 Å². The number of nitrogens with one attached hydrogen (secondary N) is 1. The summed E-state index contributed by atoms with van der Waals surface area (Å²) < 4.78 is 5.63. The molecule has 0 spiro atoms. The van der Waals surface area contributed by atoms with Crippen LogP contribution in [0.25, 0.3) is 11.2 Å². The zero-order chi connectivity index (χ0) is 11.7. The molecule has 3 rings (SSSR count). The highest BCUT2D eigenvalue weighted by Crippen LogP contribution is 2.23. The largest absolute Gasteiger partial charge is 0.437 e. The van der Waals surface area contributed by atoms with E-state index in [9.17, 15) is 0 Å².